The van der Waals surface area contributed by atoms with Gasteiger partial charge in [0.05, 0.1) is 0 Å². The molecule has 1 aromatic heterocycles. The zero-order valence-electron chi connectivity index (χ0n) is 7.44. The van der Waals surface area contributed by atoms with Crippen LogP contribution in [0.1, 0.15) is 5.76 Å². The molecule has 1 heterocycles. The molecule has 0 saturated heterocycles. The van der Waals surface area contributed by atoms with Crippen molar-refractivity contribution in [1.82, 2.24) is 5.16 Å². The second-order valence-corrected chi connectivity index (χ2v) is 2.94. The number of thiocarbonyl (C=S) groups is 1. The Morgan fingerprint density at radius 3 is 3.00 bits per heavy atom. The molecule has 0 atom stereocenters. The number of anilines is 1. The lowest BCUT2D eigenvalue weighted by Gasteiger charge is -1.94. The summed E-state index contributed by atoms with van der Waals surface area (Å²) in [5, 5.41) is 15.0. The number of nitrogens with one attached hydrogen (secondary N) is 1. The number of nitrogens with zero attached hydrogens (tertiary/aromatic N) is 2. The van der Waals surface area contributed by atoms with Gasteiger partial charge in [-0.15, -0.1) is 0 Å². The number of rotatable bonds is 3. The summed E-state index contributed by atoms with van der Waals surface area (Å²) >= 11 is 4.64. The average molecular weight is 208 g/mol. The second kappa shape index (κ2) is 4.39. The molecule has 0 aromatic carbocycles. The quantitative estimate of drug-likeness (QED) is 0.439. The van der Waals surface area contributed by atoms with Gasteiger partial charge in [0.25, 0.3) is 0 Å². The van der Waals surface area contributed by atoms with E-state index in [0.29, 0.717) is 11.6 Å². The maximum atomic E-state index is 8.61. The van der Waals surface area contributed by atoms with Gasteiger partial charge in [-0.2, -0.15) is 5.26 Å². The Labute approximate surface area is 86.2 Å². The van der Waals surface area contributed by atoms with Crippen LogP contribution in [0.25, 0.3) is 0 Å². The van der Waals surface area contributed by atoms with E-state index in [0.717, 1.165) is 0 Å². The molecule has 5 nitrogen and oxygen atoms in total. The molecule has 0 saturated carbocycles. The van der Waals surface area contributed by atoms with Crippen LogP contribution in [0.4, 0.5) is 5.82 Å². The first-order valence-corrected chi connectivity index (χ1v) is 4.14. The third-order valence-corrected chi connectivity index (χ3v) is 1.60. The summed E-state index contributed by atoms with van der Waals surface area (Å²) in [5.41, 5.74) is 5.47. The third-order valence-electron chi connectivity index (χ3n) is 1.38. The van der Waals surface area contributed by atoms with Gasteiger partial charge < -0.3 is 15.6 Å². The van der Waals surface area contributed by atoms with E-state index in [-0.39, 0.29) is 10.6 Å². The minimum Gasteiger partial charge on any atom is -0.389 e. The Morgan fingerprint density at radius 1 is 1.86 bits per heavy atom. The fraction of sp³-hybridized carbons (Fsp3) is 0.125. The molecule has 0 radical (unpaired) electrons. The van der Waals surface area contributed by atoms with E-state index in [1.807, 2.05) is 6.07 Å². The van der Waals surface area contributed by atoms with Gasteiger partial charge in [0.1, 0.15) is 22.4 Å². The molecule has 0 fully saturated rings. The molecule has 1 aromatic rings. The highest BCUT2D eigenvalue weighted by Crippen LogP contribution is 2.07. The fourth-order valence-corrected chi connectivity index (χ4v) is 0.844. The summed E-state index contributed by atoms with van der Waals surface area (Å²) < 4.78 is 4.80. The average Bonchev–Trinajstić information content (AvgIpc) is 2.52. The van der Waals surface area contributed by atoms with Gasteiger partial charge in [0.15, 0.2) is 5.82 Å². The van der Waals surface area contributed by atoms with Crippen molar-refractivity contribution in [2.24, 2.45) is 5.73 Å². The van der Waals surface area contributed by atoms with Gasteiger partial charge in [-0.1, -0.05) is 17.4 Å². The molecular formula is C8H8N4OS. The van der Waals surface area contributed by atoms with Gasteiger partial charge in [-0.3, -0.25) is 0 Å². The highest BCUT2D eigenvalue weighted by Gasteiger charge is 2.00. The highest BCUT2D eigenvalue weighted by molar-refractivity contribution is 7.80. The maximum Gasteiger partial charge on any atom is 0.173 e. The van der Waals surface area contributed by atoms with Crippen LogP contribution in [0.5, 0.6) is 0 Å². The van der Waals surface area contributed by atoms with Crippen LogP contribution in [-0.2, 0) is 0 Å². The lowest BCUT2D eigenvalue weighted by atomic mass is 10.3. The van der Waals surface area contributed by atoms with Crippen molar-refractivity contribution in [3.05, 3.63) is 23.6 Å². The van der Waals surface area contributed by atoms with Crippen molar-refractivity contribution in [2.45, 2.75) is 6.92 Å². The lowest BCUT2D eigenvalue weighted by Crippen LogP contribution is -2.11. The van der Waals surface area contributed by atoms with E-state index in [2.05, 4.69) is 22.7 Å². The molecular weight excluding hydrogens is 200 g/mol. The predicted octanol–water partition coefficient (Wildman–Crippen LogP) is 1.09. The first kappa shape index (κ1) is 10.2. The second-order valence-electron chi connectivity index (χ2n) is 2.50. The zero-order valence-corrected chi connectivity index (χ0v) is 8.26. The lowest BCUT2D eigenvalue weighted by molar-refractivity contribution is 0.400. The van der Waals surface area contributed by atoms with Crippen LogP contribution in [0, 0.1) is 18.3 Å². The molecule has 0 aliphatic rings. The number of hydrogen-bond acceptors (Lipinski definition) is 5. The molecule has 3 N–H and O–H groups in total. The smallest absolute Gasteiger partial charge is 0.173 e. The number of aryl methyl sites for hydroxylation is 1. The van der Waals surface area contributed by atoms with Crippen LogP contribution in [-0.4, -0.2) is 10.1 Å². The number of nitriles is 1. The molecule has 6 heteroatoms. The molecule has 0 aliphatic heterocycles. The summed E-state index contributed by atoms with van der Waals surface area (Å²) in [6, 6.07) is 3.54. The molecule has 0 aliphatic carbocycles. The molecule has 0 unspecified atom stereocenters. The highest BCUT2D eigenvalue weighted by atomic mass is 32.1. The summed E-state index contributed by atoms with van der Waals surface area (Å²) in [6.07, 6.45) is 1.39. The Bertz CT molecular complexity index is 415. The van der Waals surface area contributed by atoms with Crippen molar-refractivity contribution in [2.75, 3.05) is 5.32 Å². The summed E-state index contributed by atoms with van der Waals surface area (Å²) in [7, 11) is 0. The topological polar surface area (TPSA) is 87.9 Å². The standard InChI is InChI=1S/C8H8N4OS/c1-5-2-7(12-13-5)11-4-6(3-9)8(10)14/h2,4H,1H3,(H2,10,14)(H,11,12)/b6-4+. The molecule has 14 heavy (non-hydrogen) atoms. The Balaban J connectivity index is 2.72. The van der Waals surface area contributed by atoms with Gasteiger partial charge in [-0.25, -0.2) is 0 Å². The molecule has 0 spiro atoms. The van der Waals surface area contributed by atoms with E-state index in [9.17, 15) is 0 Å². The van der Waals surface area contributed by atoms with Crippen molar-refractivity contribution in [3.8, 4) is 6.07 Å². The summed E-state index contributed by atoms with van der Waals surface area (Å²) in [6.45, 7) is 1.76. The van der Waals surface area contributed by atoms with Crippen molar-refractivity contribution in [1.29, 1.82) is 5.26 Å². The molecule has 1 rings (SSSR count). The van der Waals surface area contributed by atoms with E-state index in [1.54, 1.807) is 13.0 Å². The van der Waals surface area contributed by atoms with E-state index in [1.165, 1.54) is 6.20 Å². The normalized spacial score (nSPS) is 10.7. The van der Waals surface area contributed by atoms with Crippen molar-refractivity contribution < 1.29 is 4.52 Å². The molecule has 0 bridgehead atoms. The van der Waals surface area contributed by atoms with Gasteiger partial charge in [-0.05, 0) is 6.92 Å². The van der Waals surface area contributed by atoms with Crippen LogP contribution >= 0.6 is 12.2 Å². The Kier molecular flexibility index (Phi) is 3.20. The number of hydrogen-bond donors (Lipinski definition) is 2. The van der Waals surface area contributed by atoms with Crippen LogP contribution < -0.4 is 11.1 Å². The maximum absolute atomic E-state index is 8.61. The van der Waals surface area contributed by atoms with Crippen LogP contribution in [0.3, 0.4) is 0 Å². The minimum absolute atomic E-state index is 0.0419. The monoisotopic (exact) mass is 208 g/mol. The van der Waals surface area contributed by atoms with Crippen molar-refractivity contribution >= 4 is 23.0 Å². The van der Waals surface area contributed by atoms with Gasteiger partial charge in [0, 0.05) is 12.3 Å². The molecule has 0 amide bonds. The van der Waals surface area contributed by atoms with Crippen molar-refractivity contribution in [3.63, 3.8) is 0 Å². The van der Waals surface area contributed by atoms with Crippen LogP contribution in [0.15, 0.2) is 22.4 Å². The van der Waals surface area contributed by atoms with Crippen LogP contribution in [0.2, 0.25) is 0 Å². The number of aromatic nitrogens is 1. The summed E-state index contributed by atoms with van der Waals surface area (Å²) in [5.74, 6) is 1.18. The third kappa shape index (κ3) is 2.57. The van der Waals surface area contributed by atoms with E-state index >= 15 is 0 Å². The first-order valence-electron chi connectivity index (χ1n) is 3.73. The largest absolute Gasteiger partial charge is 0.389 e. The SMILES string of the molecule is Cc1cc(N/C=C(\C#N)C(N)=S)no1. The zero-order chi connectivity index (χ0) is 10.6. The Hall–Kier alpha value is -1.87. The van der Waals surface area contributed by atoms with Gasteiger partial charge >= 0.3 is 0 Å². The summed E-state index contributed by atoms with van der Waals surface area (Å²) in [4.78, 5) is 0.0419. The van der Waals surface area contributed by atoms with E-state index < -0.39 is 0 Å². The predicted molar refractivity (Wildman–Crippen MR) is 55.3 cm³/mol. The number of nitrogens with two attached hydrogens (primary N) is 1. The van der Waals surface area contributed by atoms with Gasteiger partial charge in [0.2, 0.25) is 0 Å². The minimum atomic E-state index is 0.0419. The fourth-order valence-electron chi connectivity index (χ4n) is 0.739. The Morgan fingerprint density at radius 2 is 2.57 bits per heavy atom. The van der Waals surface area contributed by atoms with E-state index in [4.69, 9.17) is 15.5 Å². The molecule has 72 valence electrons. The first-order chi connectivity index (χ1) is 6.63.